The number of amides is 1. The standard InChI is InChI=1S/C14H15N3OS2/c1-10-6-13(20-12(10)4-3-5-15)14(18)17(2)7-11-8-19-9-16-11/h6,8-9H,5,7,15H2,1-2H3. The average molecular weight is 305 g/mol. The van der Waals surface area contributed by atoms with E-state index in [9.17, 15) is 4.79 Å². The molecule has 0 bridgehead atoms. The third kappa shape index (κ3) is 3.45. The molecule has 6 heteroatoms. The largest absolute Gasteiger partial charge is 0.335 e. The van der Waals surface area contributed by atoms with Gasteiger partial charge in [0, 0.05) is 12.4 Å². The molecule has 0 unspecified atom stereocenters. The highest BCUT2D eigenvalue weighted by Crippen LogP contribution is 2.22. The molecule has 0 radical (unpaired) electrons. The van der Waals surface area contributed by atoms with Crippen LogP contribution in [0.5, 0.6) is 0 Å². The Bertz CT molecular complexity index is 650. The van der Waals surface area contributed by atoms with Crippen molar-refractivity contribution in [3.8, 4) is 11.8 Å². The topological polar surface area (TPSA) is 59.2 Å². The van der Waals surface area contributed by atoms with Gasteiger partial charge in [-0.1, -0.05) is 11.8 Å². The van der Waals surface area contributed by atoms with E-state index in [0.717, 1.165) is 16.1 Å². The minimum atomic E-state index is -0.00750. The summed E-state index contributed by atoms with van der Waals surface area (Å²) in [5.74, 6) is 5.80. The molecule has 0 aromatic carbocycles. The summed E-state index contributed by atoms with van der Waals surface area (Å²) in [6.45, 7) is 2.79. The molecule has 0 aliphatic rings. The number of nitrogens with two attached hydrogens (primary N) is 1. The number of carbonyl (C=O) groups is 1. The van der Waals surface area contributed by atoms with E-state index in [4.69, 9.17) is 5.73 Å². The Kier molecular flexibility index (Phi) is 4.90. The van der Waals surface area contributed by atoms with Gasteiger partial charge in [-0.3, -0.25) is 4.79 Å². The van der Waals surface area contributed by atoms with E-state index in [1.807, 2.05) is 18.4 Å². The van der Waals surface area contributed by atoms with Crippen molar-refractivity contribution in [3.63, 3.8) is 0 Å². The van der Waals surface area contributed by atoms with Crippen LogP contribution in [0.25, 0.3) is 0 Å². The van der Waals surface area contributed by atoms with Gasteiger partial charge in [0.05, 0.1) is 34.0 Å². The molecule has 104 valence electrons. The zero-order chi connectivity index (χ0) is 14.5. The maximum atomic E-state index is 12.3. The summed E-state index contributed by atoms with van der Waals surface area (Å²) in [6.07, 6.45) is 0. The van der Waals surface area contributed by atoms with Crippen molar-refractivity contribution in [2.24, 2.45) is 5.73 Å². The van der Waals surface area contributed by atoms with Gasteiger partial charge in [0.15, 0.2) is 0 Å². The number of nitrogens with zero attached hydrogens (tertiary/aromatic N) is 2. The van der Waals surface area contributed by atoms with Gasteiger partial charge in [-0.2, -0.15) is 0 Å². The second-order valence-electron chi connectivity index (χ2n) is 4.27. The summed E-state index contributed by atoms with van der Waals surface area (Å²) < 4.78 is 0. The van der Waals surface area contributed by atoms with E-state index in [-0.39, 0.29) is 5.91 Å². The minimum absolute atomic E-state index is 0.00750. The SMILES string of the molecule is Cc1cc(C(=O)N(C)Cc2cscn2)sc1C#CCN. The van der Waals surface area contributed by atoms with E-state index in [1.165, 1.54) is 22.7 Å². The Morgan fingerprint density at radius 2 is 2.35 bits per heavy atom. The molecular formula is C14H15N3OS2. The molecule has 0 saturated heterocycles. The van der Waals surface area contributed by atoms with Crippen LogP contribution in [-0.2, 0) is 6.54 Å². The van der Waals surface area contributed by atoms with Gasteiger partial charge in [0.1, 0.15) is 0 Å². The first-order valence-corrected chi connectivity index (χ1v) is 7.79. The number of aromatic nitrogens is 1. The minimum Gasteiger partial charge on any atom is -0.335 e. The zero-order valence-electron chi connectivity index (χ0n) is 11.3. The molecule has 0 atom stereocenters. The van der Waals surface area contributed by atoms with Gasteiger partial charge in [0.25, 0.3) is 5.91 Å². The Morgan fingerprint density at radius 1 is 1.55 bits per heavy atom. The molecule has 0 aliphatic carbocycles. The quantitative estimate of drug-likeness (QED) is 0.883. The summed E-state index contributed by atoms with van der Waals surface area (Å²) in [5.41, 5.74) is 9.05. The number of thiophene rings is 1. The van der Waals surface area contributed by atoms with Gasteiger partial charge in [0.2, 0.25) is 0 Å². The molecule has 2 heterocycles. The first-order chi connectivity index (χ1) is 9.61. The van der Waals surface area contributed by atoms with Crippen molar-refractivity contribution in [1.29, 1.82) is 0 Å². The summed E-state index contributed by atoms with van der Waals surface area (Å²) in [6, 6.07) is 1.88. The number of thiazole rings is 1. The molecule has 4 nitrogen and oxygen atoms in total. The smallest absolute Gasteiger partial charge is 0.264 e. The van der Waals surface area contributed by atoms with Crippen LogP contribution in [0.15, 0.2) is 17.0 Å². The predicted molar refractivity (Wildman–Crippen MR) is 82.9 cm³/mol. The first-order valence-electron chi connectivity index (χ1n) is 6.03. The molecule has 0 spiro atoms. The number of hydrogen-bond donors (Lipinski definition) is 1. The van der Waals surface area contributed by atoms with Crippen LogP contribution in [-0.4, -0.2) is 29.4 Å². The first kappa shape index (κ1) is 14.7. The van der Waals surface area contributed by atoms with Crippen LogP contribution in [0, 0.1) is 18.8 Å². The van der Waals surface area contributed by atoms with Gasteiger partial charge < -0.3 is 10.6 Å². The van der Waals surface area contributed by atoms with E-state index in [2.05, 4.69) is 16.8 Å². The molecule has 0 fully saturated rings. The maximum Gasteiger partial charge on any atom is 0.264 e. The fraction of sp³-hybridized carbons (Fsp3) is 0.286. The number of rotatable bonds is 3. The lowest BCUT2D eigenvalue weighted by Crippen LogP contribution is -2.25. The van der Waals surface area contributed by atoms with Crippen molar-refractivity contribution in [1.82, 2.24) is 9.88 Å². The molecule has 20 heavy (non-hydrogen) atoms. The third-order valence-electron chi connectivity index (χ3n) is 2.66. The van der Waals surface area contributed by atoms with E-state index in [1.54, 1.807) is 17.5 Å². The van der Waals surface area contributed by atoms with E-state index < -0.39 is 0 Å². The fourth-order valence-electron chi connectivity index (χ4n) is 1.66. The zero-order valence-corrected chi connectivity index (χ0v) is 13.0. The van der Waals surface area contributed by atoms with E-state index in [0.29, 0.717) is 18.0 Å². The van der Waals surface area contributed by atoms with Crippen LogP contribution in [0.2, 0.25) is 0 Å². The van der Waals surface area contributed by atoms with Gasteiger partial charge in [-0.15, -0.1) is 22.7 Å². The summed E-state index contributed by atoms with van der Waals surface area (Å²) in [5, 5.41) is 1.95. The molecule has 2 rings (SSSR count). The number of aryl methyl sites for hydroxylation is 1. The molecule has 1 amide bonds. The maximum absolute atomic E-state index is 12.3. The monoisotopic (exact) mass is 305 g/mol. The molecule has 0 aliphatic heterocycles. The lowest BCUT2D eigenvalue weighted by molar-refractivity contribution is 0.0788. The normalized spacial score (nSPS) is 9.95. The highest BCUT2D eigenvalue weighted by molar-refractivity contribution is 7.14. The summed E-state index contributed by atoms with van der Waals surface area (Å²) in [7, 11) is 1.78. The lowest BCUT2D eigenvalue weighted by atomic mass is 10.2. The van der Waals surface area contributed by atoms with Crippen LogP contribution >= 0.6 is 22.7 Å². The molecular weight excluding hydrogens is 290 g/mol. The fourth-order valence-corrected chi connectivity index (χ4v) is 3.25. The van der Waals surface area contributed by atoms with Gasteiger partial charge in [-0.25, -0.2) is 4.98 Å². The Morgan fingerprint density at radius 3 is 3.00 bits per heavy atom. The molecule has 2 N–H and O–H groups in total. The summed E-state index contributed by atoms with van der Waals surface area (Å²) >= 11 is 2.94. The average Bonchev–Trinajstić information content (AvgIpc) is 3.05. The highest BCUT2D eigenvalue weighted by Gasteiger charge is 2.16. The third-order valence-corrected chi connectivity index (χ3v) is 4.44. The van der Waals surface area contributed by atoms with Crippen molar-refractivity contribution in [2.75, 3.05) is 13.6 Å². The van der Waals surface area contributed by atoms with Crippen LogP contribution in [0.3, 0.4) is 0 Å². The Labute approximate surface area is 126 Å². The number of carbonyl (C=O) groups excluding carboxylic acids is 1. The molecule has 2 aromatic rings. The molecule has 0 saturated carbocycles. The van der Waals surface area contributed by atoms with E-state index >= 15 is 0 Å². The van der Waals surface area contributed by atoms with Crippen molar-refractivity contribution < 1.29 is 4.79 Å². The predicted octanol–water partition coefficient (Wildman–Crippen LogP) is 2.10. The van der Waals surface area contributed by atoms with Gasteiger partial charge >= 0.3 is 0 Å². The highest BCUT2D eigenvalue weighted by atomic mass is 32.1. The van der Waals surface area contributed by atoms with Gasteiger partial charge in [-0.05, 0) is 18.6 Å². The molecule has 2 aromatic heterocycles. The van der Waals surface area contributed by atoms with Crippen molar-refractivity contribution >= 4 is 28.6 Å². The number of hydrogen-bond acceptors (Lipinski definition) is 5. The Hall–Kier alpha value is -1.68. The lowest BCUT2D eigenvalue weighted by Gasteiger charge is -2.14. The van der Waals surface area contributed by atoms with Crippen molar-refractivity contribution in [3.05, 3.63) is 38.0 Å². The van der Waals surface area contributed by atoms with Crippen LogP contribution < -0.4 is 5.73 Å². The second-order valence-corrected chi connectivity index (χ2v) is 6.04. The van der Waals surface area contributed by atoms with Crippen molar-refractivity contribution in [2.45, 2.75) is 13.5 Å². The summed E-state index contributed by atoms with van der Waals surface area (Å²) in [4.78, 5) is 19.8. The Balaban J connectivity index is 2.12. The van der Waals surface area contributed by atoms with Crippen LogP contribution in [0.1, 0.15) is 25.8 Å². The second kappa shape index (κ2) is 6.66. The van der Waals surface area contributed by atoms with Crippen LogP contribution in [0.4, 0.5) is 0 Å².